The molecule has 0 saturated heterocycles. The topological polar surface area (TPSA) is 4.93 Å². The summed E-state index contributed by atoms with van der Waals surface area (Å²) in [6, 6.07) is 51.6. The number of fused-ring (bicyclic) bond motifs is 7. The van der Waals surface area contributed by atoms with Crippen LogP contribution >= 0.6 is 11.3 Å². The lowest BCUT2D eigenvalue weighted by Crippen LogP contribution is -1.94. The lowest BCUT2D eigenvalue weighted by molar-refractivity contribution is 1.19. The minimum absolute atomic E-state index is 1.18. The van der Waals surface area contributed by atoms with Gasteiger partial charge in [0, 0.05) is 47.6 Å². The minimum atomic E-state index is 1.18. The van der Waals surface area contributed by atoms with Crippen molar-refractivity contribution in [2.75, 3.05) is 0 Å². The summed E-state index contributed by atoms with van der Waals surface area (Å²) in [4.78, 5) is 0. The van der Waals surface area contributed by atoms with Gasteiger partial charge in [-0.25, -0.2) is 0 Å². The fourth-order valence-corrected chi connectivity index (χ4v) is 8.62. The van der Waals surface area contributed by atoms with Crippen LogP contribution in [0, 0.1) is 0 Å². The second-order valence-electron chi connectivity index (χ2n) is 11.8. The Hall–Kier alpha value is -5.70. The van der Waals surface area contributed by atoms with Gasteiger partial charge in [0.1, 0.15) is 0 Å². The molecule has 50 heavy (non-hydrogen) atoms. The molecule has 0 atom stereocenters. The zero-order chi connectivity index (χ0) is 34.8. The zero-order valence-electron chi connectivity index (χ0n) is 29.2. The Bertz CT molecular complexity index is 2760. The Morgan fingerprint density at radius 3 is 1.86 bits per heavy atom. The van der Waals surface area contributed by atoms with Gasteiger partial charge in [-0.2, -0.15) is 0 Å². The maximum absolute atomic E-state index is 3.36. The van der Waals surface area contributed by atoms with Gasteiger partial charge in [0.15, 0.2) is 0 Å². The van der Waals surface area contributed by atoms with Crippen LogP contribution in [0.1, 0.15) is 27.7 Å². The molecular weight excluding hydrogens is 623 g/mol. The first-order valence-corrected chi connectivity index (χ1v) is 18.4. The third-order valence-corrected chi connectivity index (χ3v) is 10.5. The zero-order valence-corrected chi connectivity index (χ0v) is 30.0. The third kappa shape index (κ3) is 5.16. The van der Waals surface area contributed by atoms with Crippen molar-refractivity contribution in [1.82, 2.24) is 4.57 Å². The van der Waals surface area contributed by atoms with Crippen LogP contribution in [0.2, 0.25) is 0 Å². The van der Waals surface area contributed by atoms with E-state index in [1.54, 1.807) is 12.2 Å². The quantitative estimate of drug-likeness (QED) is 0.131. The van der Waals surface area contributed by atoms with Crippen LogP contribution in [0.25, 0.3) is 91.1 Å². The summed E-state index contributed by atoms with van der Waals surface area (Å²) in [7, 11) is 0. The Balaban J connectivity index is 0.000000454. The molecule has 0 spiro atoms. The van der Waals surface area contributed by atoms with Crippen LogP contribution in [0.3, 0.4) is 0 Å². The van der Waals surface area contributed by atoms with Gasteiger partial charge in [-0.3, -0.25) is 0 Å². The second kappa shape index (κ2) is 14.0. The van der Waals surface area contributed by atoms with E-state index in [0.29, 0.717) is 0 Å². The standard InChI is InChI=1S/C40H23NS.C4H6.2C2H6/c1-2-11-27(12-3-1)41-34-17-8-14-29(31-16-7-15-30-28-13-4-5-18-35(28)42-40(30)31)38(34)33-23-26-20-19-24-9-6-10-25-21-22-32(39(33)41)37(26)36(24)25;1-3-4-2;2*1-2/h1-23H;3-4H,1-2H2;2*1-2H3. The number of aromatic nitrogens is 1. The van der Waals surface area contributed by atoms with Crippen molar-refractivity contribution in [3.63, 3.8) is 0 Å². The summed E-state index contributed by atoms with van der Waals surface area (Å²) in [6.45, 7) is 14.7. The molecule has 0 aliphatic rings. The fraction of sp³-hybridized carbons (Fsp3) is 0.0833. The summed E-state index contributed by atoms with van der Waals surface area (Å²) in [5.74, 6) is 0. The minimum Gasteiger partial charge on any atom is -0.309 e. The van der Waals surface area contributed by atoms with E-state index in [-0.39, 0.29) is 0 Å². The van der Waals surface area contributed by atoms with Crippen molar-refractivity contribution in [2.45, 2.75) is 27.7 Å². The number of allylic oxidation sites excluding steroid dienone is 2. The van der Waals surface area contributed by atoms with E-state index in [9.17, 15) is 0 Å². The number of nitrogens with zero attached hydrogens (tertiary/aromatic N) is 1. The molecule has 0 N–H and O–H groups in total. The van der Waals surface area contributed by atoms with Gasteiger partial charge in [-0.05, 0) is 62.8 Å². The van der Waals surface area contributed by atoms with E-state index in [1.165, 1.54) is 91.1 Å². The number of hydrogen-bond donors (Lipinski definition) is 0. The normalized spacial score (nSPS) is 11.0. The highest BCUT2D eigenvalue weighted by Gasteiger charge is 2.22. The predicted molar refractivity (Wildman–Crippen MR) is 226 cm³/mol. The molecule has 0 bridgehead atoms. The lowest BCUT2D eigenvalue weighted by atomic mass is 9.91. The maximum atomic E-state index is 3.36. The SMILES string of the molecule is C=CC=C.CC.CC.c1ccc(-n2c3cccc(-c4cccc5c4sc4ccccc45)c3c3cc4ccc5cccc6ccc(c4c56)c32)cc1. The first-order valence-electron chi connectivity index (χ1n) is 17.6. The molecule has 10 rings (SSSR count). The molecule has 2 heteroatoms. The molecule has 244 valence electrons. The van der Waals surface area contributed by atoms with Crippen LogP contribution in [-0.2, 0) is 0 Å². The fourth-order valence-electron chi connectivity index (χ4n) is 7.39. The number of hydrogen-bond acceptors (Lipinski definition) is 1. The summed E-state index contributed by atoms with van der Waals surface area (Å²) in [6.07, 6.45) is 3.28. The van der Waals surface area contributed by atoms with Crippen molar-refractivity contribution in [3.05, 3.63) is 165 Å². The maximum Gasteiger partial charge on any atom is 0.0620 e. The molecule has 0 radical (unpaired) electrons. The van der Waals surface area contributed by atoms with Crippen molar-refractivity contribution >= 4 is 85.6 Å². The van der Waals surface area contributed by atoms with E-state index < -0.39 is 0 Å². The molecule has 2 aromatic heterocycles. The van der Waals surface area contributed by atoms with Gasteiger partial charge >= 0.3 is 0 Å². The Labute approximate surface area is 298 Å². The lowest BCUT2D eigenvalue weighted by Gasteiger charge is -2.14. The molecule has 0 amide bonds. The van der Waals surface area contributed by atoms with E-state index in [4.69, 9.17) is 0 Å². The van der Waals surface area contributed by atoms with E-state index in [0.717, 1.165) is 0 Å². The number of benzene rings is 8. The van der Waals surface area contributed by atoms with Crippen LogP contribution in [-0.4, -0.2) is 4.57 Å². The van der Waals surface area contributed by atoms with Gasteiger partial charge in [-0.15, -0.1) is 11.3 Å². The van der Waals surface area contributed by atoms with Crippen molar-refractivity contribution < 1.29 is 0 Å². The summed E-state index contributed by atoms with van der Waals surface area (Å²) < 4.78 is 5.18. The molecule has 0 aliphatic carbocycles. The first-order chi connectivity index (χ1) is 24.8. The number of para-hydroxylation sites is 1. The summed E-state index contributed by atoms with van der Waals surface area (Å²) in [5, 5.41) is 13.2. The Kier molecular flexibility index (Phi) is 9.21. The van der Waals surface area contributed by atoms with E-state index in [2.05, 4.69) is 157 Å². The van der Waals surface area contributed by atoms with Crippen LogP contribution in [0.5, 0.6) is 0 Å². The van der Waals surface area contributed by atoms with Crippen molar-refractivity contribution in [2.24, 2.45) is 0 Å². The highest BCUT2D eigenvalue weighted by atomic mass is 32.1. The van der Waals surface area contributed by atoms with Gasteiger partial charge in [0.05, 0.1) is 11.0 Å². The Morgan fingerprint density at radius 1 is 0.480 bits per heavy atom. The summed E-state index contributed by atoms with van der Waals surface area (Å²) in [5.41, 5.74) is 6.29. The molecule has 8 aromatic carbocycles. The van der Waals surface area contributed by atoms with Gasteiger partial charge in [0.2, 0.25) is 0 Å². The van der Waals surface area contributed by atoms with Crippen LogP contribution in [0.4, 0.5) is 0 Å². The summed E-state index contributed by atoms with van der Waals surface area (Å²) >= 11 is 1.90. The van der Waals surface area contributed by atoms with Gasteiger partial charge in [0.25, 0.3) is 0 Å². The third-order valence-electron chi connectivity index (χ3n) is 9.27. The largest absolute Gasteiger partial charge is 0.309 e. The molecule has 0 aliphatic heterocycles. The predicted octanol–water partition coefficient (Wildman–Crippen LogP) is 15.1. The first kappa shape index (κ1) is 32.8. The van der Waals surface area contributed by atoms with E-state index >= 15 is 0 Å². The average Bonchev–Trinajstić information content (AvgIpc) is 3.75. The Morgan fingerprint density at radius 2 is 1.10 bits per heavy atom. The van der Waals surface area contributed by atoms with Crippen molar-refractivity contribution in [3.8, 4) is 16.8 Å². The highest BCUT2D eigenvalue weighted by molar-refractivity contribution is 7.26. The smallest absolute Gasteiger partial charge is 0.0620 e. The van der Waals surface area contributed by atoms with Crippen LogP contribution in [0.15, 0.2) is 165 Å². The molecule has 1 nitrogen and oxygen atoms in total. The molecule has 0 fully saturated rings. The van der Waals surface area contributed by atoms with E-state index in [1.807, 2.05) is 39.0 Å². The molecular formula is C48H41NS. The molecule has 2 heterocycles. The number of thiophene rings is 1. The number of rotatable bonds is 3. The highest BCUT2D eigenvalue weighted by Crippen LogP contribution is 2.47. The molecule has 0 unspecified atom stereocenters. The molecule has 10 aromatic rings. The average molecular weight is 664 g/mol. The monoisotopic (exact) mass is 663 g/mol. The van der Waals surface area contributed by atoms with Crippen molar-refractivity contribution in [1.29, 1.82) is 0 Å². The molecule has 0 saturated carbocycles. The van der Waals surface area contributed by atoms with Crippen LogP contribution < -0.4 is 0 Å². The van der Waals surface area contributed by atoms with Gasteiger partial charge < -0.3 is 4.57 Å². The van der Waals surface area contributed by atoms with Gasteiger partial charge in [-0.1, -0.05) is 162 Å². The second-order valence-corrected chi connectivity index (χ2v) is 12.8.